The van der Waals surface area contributed by atoms with Crippen molar-refractivity contribution in [3.63, 3.8) is 0 Å². The van der Waals surface area contributed by atoms with Crippen LogP contribution in [-0.4, -0.2) is 54.6 Å². The van der Waals surface area contributed by atoms with Crippen molar-refractivity contribution in [1.29, 1.82) is 0 Å². The molecule has 0 radical (unpaired) electrons. The molecule has 5 nitrogen and oxygen atoms in total. The standard InChI is InChI=1S/C19H27ClN2O3/c1-4-8-25-18-14(9-15(20)10-17(18)24-3)11-21-12-16-6-5-7-22(16)19(23)13(21)2/h9-10,13,16H,4-8,11-12H2,1-3H3/t13-,16-/m1/s1. The van der Waals surface area contributed by atoms with E-state index in [1.165, 1.54) is 0 Å². The zero-order valence-corrected chi connectivity index (χ0v) is 16.0. The molecule has 1 aromatic carbocycles. The Balaban J connectivity index is 1.86. The van der Waals surface area contributed by atoms with Crippen LogP contribution >= 0.6 is 11.6 Å². The van der Waals surface area contributed by atoms with Gasteiger partial charge in [0.1, 0.15) is 0 Å². The smallest absolute Gasteiger partial charge is 0.239 e. The number of carbonyl (C=O) groups excluding carboxylic acids is 1. The van der Waals surface area contributed by atoms with Gasteiger partial charge < -0.3 is 14.4 Å². The zero-order valence-electron chi connectivity index (χ0n) is 15.3. The average molecular weight is 367 g/mol. The van der Waals surface area contributed by atoms with E-state index in [4.69, 9.17) is 21.1 Å². The van der Waals surface area contributed by atoms with Crippen LogP contribution in [-0.2, 0) is 11.3 Å². The van der Waals surface area contributed by atoms with Crippen LogP contribution in [0.3, 0.4) is 0 Å². The first-order valence-corrected chi connectivity index (χ1v) is 9.46. The molecular formula is C19H27ClN2O3. The number of halogens is 1. The second kappa shape index (κ2) is 7.83. The van der Waals surface area contributed by atoms with Gasteiger partial charge in [-0.3, -0.25) is 9.69 Å². The predicted octanol–water partition coefficient (Wildman–Crippen LogP) is 3.33. The molecule has 0 aliphatic carbocycles. The van der Waals surface area contributed by atoms with Gasteiger partial charge in [-0.1, -0.05) is 18.5 Å². The fourth-order valence-electron chi connectivity index (χ4n) is 3.82. The van der Waals surface area contributed by atoms with E-state index in [0.29, 0.717) is 30.0 Å². The lowest BCUT2D eigenvalue weighted by molar-refractivity contribution is -0.143. The van der Waals surface area contributed by atoms with Crippen LogP contribution < -0.4 is 9.47 Å². The van der Waals surface area contributed by atoms with Gasteiger partial charge in [-0.25, -0.2) is 0 Å². The van der Waals surface area contributed by atoms with Crippen LogP contribution in [0.5, 0.6) is 11.5 Å². The first-order valence-electron chi connectivity index (χ1n) is 9.08. The Morgan fingerprint density at radius 2 is 2.16 bits per heavy atom. The summed E-state index contributed by atoms with van der Waals surface area (Å²) in [5.74, 6) is 1.62. The number of ether oxygens (including phenoxy) is 2. The fraction of sp³-hybridized carbons (Fsp3) is 0.632. The fourth-order valence-corrected chi connectivity index (χ4v) is 4.05. The summed E-state index contributed by atoms with van der Waals surface area (Å²) in [5, 5.41) is 0.620. The van der Waals surface area contributed by atoms with Gasteiger partial charge in [-0.05, 0) is 32.3 Å². The van der Waals surface area contributed by atoms with E-state index < -0.39 is 0 Å². The van der Waals surface area contributed by atoms with E-state index in [2.05, 4.69) is 11.8 Å². The third kappa shape index (κ3) is 3.72. The minimum Gasteiger partial charge on any atom is -0.493 e. The summed E-state index contributed by atoms with van der Waals surface area (Å²) in [7, 11) is 1.62. The monoisotopic (exact) mass is 366 g/mol. The summed E-state index contributed by atoms with van der Waals surface area (Å²) in [6.45, 7) is 7.11. The summed E-state index contributed by atoms with van der Waals surface area (Å²) in [5.41, 5.74) is 0.976. The van der Waals surface area contributed by atoms with Gasteiger partial charge in [0.05, 0.1) is 19.8 Å². The van der Waals surface area contributed by atoms with Crippen molar-refractivity contribution in [2.75, 3.05) is 26.8 Å². The lowest BCUT2D eigenvalue weighted by Crippen LogP contribution is -2.58. The molecule has 0 saturated carbocycles. The van der Waals surface area contributed by atoms with Crippen LogP contribution in [0.2, 0.25) is 5.02 Å². The van der Waals surface area contributed by atoms with Gasteiger partial charge in [0, 0.05) is 42.3 Å². The number of rotatable bonds is 6. The van der Waals surface area contributed by atoms with Crippen LogP contribution in [0.4, 0.5) is 0 Å². The first-order chi connectivity index (χ1) is 12.0. The molecule has 2 aliphatic heterocycles. The Morgan fingerprint density at radius 1 is 1.36 bits per heavy atom. The highest BCUT2D eigenvalue weighted by Crippen LogP contribution is 2.37. The molecule has 2 heterocycles. The molecular weight excluding hydrogens is 340 g/mol. The average Bonchev–Trinajstić information content (AvgIpc) is 3.06. The molecule has 0 aromatic heterocycles. The molecule has 25 heavy (non-hydrogen) atoms. The summed E-state index contributed by atoms with van der Waals surface area (Å²) < 4.78 is 11.4. The molecule has 0 spiro atoms. The molecule has 2 saturated heterocycles. The van der Waals surface area contributed by atoms with Crippen LogP contribution in [0.15, 0.2) is 12.1 Å². The topological polar surface area (TPSA) is 42.0 Å². The molecule has 2 fully saturated rings. The second-order valence-electron chi connectivity index (χ2n) is 6.88. The van der Waals surface area contributed by atoms with Gasteiger partial charge >= 0.3 is 0 Å². The summed E-state index contributed by atoms with van der Waals surface area (Å²) in [6, 6.07) is 3.91. The third-order valence-electron chi connectivity index (χ3n) is 5.15. The van der Waals surface area contributed by atoms with Crippen molar-refractivity contribution in [2.45, 2.75) is 51.7 Å². The Hall–Kier alpha value is -1.46. The maximum atomic E-state index is 12.7. The minimum atomic E-state index is -0.127. The maximum absolute atomic E-state index is 12.7. The first kappa shape index (κ1) is 18.3. The second-order valence-corrected chi connectivity index (χ2v) is 7.31. The van der Waals surface area contributed by atoms with Crippen molar-refractivity contribution < 1.29 is 14.3 Å². The summed E-state index contributed by atoms with van der Waals surface area (Å²) in [6.07, 6.45) is 3.11. The molecule has 1 amide bonds. The SMILES string of the molecule is CCCOc1c(CN2C[C@H]3CCCN3C(=O)[C@H]2C)cc(Cl)cc1OC. The van der Waals surface area contributed by atoms with Crippen LogP contribution in [0.1, 0.15) is 38.7 Å². The van der Waals surface area contributed by atoms with Gasteiger partial charge in [-0.15, -0.1) is 0 Å². The molecule has 2 atom stereocenters. The van der Waals surface area contributed by atoms with E-state index >= 15 is 0 Å². The Kier molecular flexibility index (Phi) is 5.74. The van der Waals surface area contributed by atoms with Gasteiger partial charge in [0.15, 0.2) is 11.5 Å². The number of nitrogens with zero attached hydrogens (tertiary/aromatic N) is 2. The zero-order chi connectivity index (χ0) is 18.0. The van der Waals surface area contributed by atoms with E-state index in [1.807, 2.05) is 17.9 Å². The molecule has 6 heteroatoms. The number of hydrogen-bond acceptors (Lipinski definition) is 4. The number of fused-ring (bicyclic) bond motifs is 1. The largest absolute Gasteiger partial charge is 0.493 e. The van der Waals surface area contributed by atoms with E-state index in [9.17, 15) is 4.79 Å². The van der Waals surface area contributed by atoms with E-state index in [-0.39, 0.29) is 11.9 Å². The number of benzene rings is 1. The highest BCUT2D eigenvalue weighted by atomic mass is 35.5. The Bertz CT molecular complexity index is 637. The minimum absolute atomic E-state index is 0.127. The molecule has 2 aliphatic rings. The van der Waals surface area contributed by atoms with Crippen molar-refractivity contribution in [3.05, 3.63) is 22.7 Å². The number of amides is 1. The van der Waals surface area contributed by atoms with E-state index in [0.717, 1.165) is 43.7 Å². The lowest BCUT2D eigenvalue weighted by Gasteiger charge is -2.41. The van der Waals surface area contributed by atoms with Crippen LogP contribution in [0.25, 0.3) is 0 Å². The lowest BCUT2D eigenvalue weighted by atomic mass is 10.1. The maximum Gasteiger partial charge on any atom is 0.239 e. The van der Waals surface area contributed by atoms with Crippen molar-refractivity contribution in [2.24, 2.45) is 0 Å². The summed E-state index contributed by atoms with van der Waals surface area (Å²) in [4.78, 5) is 16.9. The number of carbonyl (C=O) groups is 1. The van der Waals surface area contributed by atoms with E-state index in [1.54, 1.807) is 13.2 Å². The number of hydrogen-bond donors (Lipinski definition) is 0. The third-order valence-corrected chi connectivity index (χ3v) is 5.37. The van der Waals surface area contributed by atoms with Crippen LogP contribution in [0, 0.1) is 0 Å². The van der Waals surface area contributed by atoms with Crippen molar-refractivity contribution >= 4 is 17.5 Å². The molecule has 0 bridgehead atoms. The van der Waals surface area contributed by atoms with Crippen molar-refractivity contribution in [1.82, 2.24) is 9.80 Å². The van der Waals surface area contributed by atoms with Gasteiger partial charge in [0.2, 0.25) is 5.91 Å². The highest BCUT2D eigenvalue weighted by Gasteiger charge is 2.40. The number of piperazine rings is 1. The summed E-state index contributed by atoms with van der Waals surface area (Å²) >= 11 is 6.28. The Labute approximate surface area is 154 Å². The number of methoxy groups -OCH3 is 1. The van der Waals surface area contributed by atoms with Gasteiger partial charge in [-0.2, -0.15) is 0 Å². The highest BCUT2D eigenvalue weighted by molar-refractivity contribution is 6.30. The molecule has 3 rings (SSSR count). The Morgan fingerprint density at radius 3 is 2.88 bits per heavy atom. The van der Waals surface area contributed by atoms with Crippen molar-refractivity contribution in [3.8, 4) is 11.5 Å². The quantitative estimate of drug-likeness (QED) is 0.774. The van der Waals surface area contributed by atoms with Gasteiger partial charge in [0.25, 0.3) is 0 Å². The molecule has 0 N–H and O–H groups in total. The predicted molar refractivity (Wildman–Crippen MR) is 98.4 cm³/mol. The molecule has 138 valence electrons. The molecule has 0 unspecified atom stereocenters. The normalized spacial score (nSPS) is 23.7. The molecule has 1 aromatic rings.